The molecule has 1 N–H and O–H groups in total. The molecule has 1 aliphatic rings. The first-order chi connectivity index (χ1) is 16.7. The van der Waals surface area contributed by atoms with Gasteiger partial charge in [0.25, 0.3) is 10.9 Å². The zero-order valence-electron chi connectivity index (χ0n) is 18.7. The van der Waals surface area contributed by atoms with Crippen molar-refractivity contribution in [2.45, 2.75) is 5.22 Å². The number of benzene rings is 2. The maximum atomic E-state index is 12.6. The lowest BCUT2D eigenvalue weighted by Gasteiger charge is -2.35. The third-order valence-corrected chi connectivity index (χ3v) is 7.41. The normalized spacial score (nSPS) is 14.6. The molecule has 0 radical (unpaired) electrons. The molecule has 3 aromatic rings. The number of hydrogen-bond acceptors (Lipinski definition) is 10. The van der Waals surface area contributed by atoms with Crippen LogP contribution in [0, 0.1) is 10.1 Å². The number of rotatable bonds is 8. The van der Waals surface area contributed by atoms with Crippen LogP contribution in [0.5, 0.6) is 0 Å². The molecule has 2 aromatic carbocycles. The highest BCUT2D eigenvalue weighted by molar-refractivity contribution is 7.99. The lowest BCUT2D eigenvalue weighted by Crippen LogP contribution is -2.48. The molecule has 184 valence electrons. The zero-order chi connectivity index (χ0) is 25.0. The molecule has 0 saturated carbocycles. The Morgan fingerprint density at radius 1 is 1.11 bits per heavy atom. The number of aromatic nitrogens is 2. The molecule has 2 heterocycles. The molecule has 35 heavy (non-hydrogen) atoms. The van der Waals surface area contributed by atoms with Crippen LogP contribution in [-0.2, 0) is 14.8 Å². The number of anilines is 2. The van der Waals surface area contributed by atoms with Gasteiger partial charge >= 0.3 is 0 Å². The van der Waals surface area contributed by atoms with Crippen LogP contribution in [0.1, 0.15) is 0 Å². The molecule has 1 aromatic heterocycles. The van der Waals surface area contributed by atoms with Gasteiger partial charge in [-0.05, 0) is 24.3 Å². The van der Waals surface area contributed by atoms with Gasteiger partial charge in [0.2, 0.25) is 21.8 Å². The summed E-state index contributed by atoms with van der Waals surface area (Å²) in [7, 11) is -3.23. The standard InChI is InChI=1S/C21H22N6O6S2/c1-35(31,32)26-12-10-25(11-13-26)18-5-3-2-4-17(18)22-19(28)14-34-21-24-23-20(33-21)15-6-8-16(9-7-15)27(29)30/h2-9H,10-14H2,1H3,(H,22,28). The number of carbonyl (C=O) groups is 1. The topological polar surface area (TPSA) is 152 Å². The van der Waals surface area contributed by atoms with Crippen molar-refractivity contribution in [1.29, 1.82) is 0 Å². The average Bonchev–Trinajstić information content (AvgIpc) is 3.32. The number of piperazine rings is 1. The van der Waals surface area contributed by atoms with Crippen molar-refractivity contribution < 1.29 is 22.6 Å². The van der Waals surface area contributed by atoms with Crippen molar-refractivity contribution in [2.75, 3.05) is 48.4 Å². The van der Waals surface area contributed by atoms with E-state index in [0.29, 0.717) is 37.4 Å². The van der Waals surface area contributed by atoms with E-state index in [1.54, 1.807) is 6.07 Å². The number of nitrogens with one attached hydrogen (secondary N) is 1. The second-order valence-corrected chi connectivity index (χ2v) is 10.6. The van der Waals surface area contributed by atoms with E-state index < -0.39 is 14.9 Å². The van der Waals surface area contributed by atoms with Crippen LogP contribution in [0.3, 0.4) is 0 Å². The van der Waals surface area contributed by atoms with Crippen molar-refractivity contribution in [3.05, 3.63) is 58.6 Å². The molecule has 4 rings (SSSR count). The van der Waals surface area contributed by atoms with Crippen molar-refractivity contribution in [3.8, 4) is 11.5 Å². The minimum Gasteiger partial charge on any atom is -0.411 e. The Labute approximate surface area is 205 Å². The third kappa shape index (κ3) is 6.15. The molecule has 0 bridgehead atoms. The number of para-hydroxylation sites is 2. The summed E-state index contributed by atoms with van der Waals surface area (Å²) in [5.74, 6) is -0.0494. The maximum absolute atomic E-state index is 12.6. The van der Waals surface area contributed by atoms with Crippen LogP contribution in [-0.4, -0.2) is 71.9 Å². The van der Waals surface area contributed by atoms with Crippen LogP contribution >= 0.6 is 11.8 Å². The number of non-ortho nitro benzene ring substituents is 1. The quantitative estimate of drug-likeness (QED) is 0.267. The van der Waals surface area contributed by atoms with Gasteiger partial charge in [-0.25, -0.2) is 8.42 Å². The number of sulfonamides is 1. The molecule has 14 heteroatoms. The molecule has 0 atom stereocenters. The molecule has 0 spiro atoms. The predicted octanol–water partition coefficient (Wildman–Crippen LogP) is 2.46. The van der Waals surface area contributed by atoms with E-state index >= 15 is 0 Å². The van der Waals surface area contributed by atoms with Crippen molar-refractivity contribution in [3.63, 3.8) is 0 Å². The van der Waals surface area contributed by atoms with E-state index in [1.807, 2.05) is 23.1 Å². The fourth-order valence-corrected chi connectivity index (χ4v) is 4.93. The highest BCUT2D eigenvalue weighted by Crippen LogP contribution is 2.28. The van der Waals surface area contributed by atoms with Crippen LogP contribution in [0.2, 0.25) is 0 Å². The largest absolute Gasteiger partial charge is 0.411 e. The number of carbonyl (C=O) groups excluding carboxylic acids is 1. The van der Waals surface area contributed by atoms with Crippen molar-refractivity contribution >= 4 is 44.8 Å². The number of amides is 1. The van der Waals surface area contributed by atoms with Crippen LogP contribution in [0.25, 0.3) is 11.5 Å². The van der Waals surface area contributed by atoms with Gasteiger partial charge in [0.05, 0.1) is 28.3 Å². The van der Waals surface area contributed by atoms with Gasteiger partial charge in [-0.15, -0.1) is 10.2 Å². The van der Waals surface area contributed by atoms with Gasteiger partial charge in [-0.2, -0.15) is 4.31 Å². The number of hydrogen-bond donors (Lipinski definition) is 1. The van der Waals surface area contributed by atoms with Gasteiger partial charge < -0.3 is 14.6 Å². The third-order valence-electron chi connectivity index (χ3n) is 5.28. The molecule has 1 saturated heterocycles. The first kappa shape index (κ1) is 24.6. The lowest BCUT2D eigenvalue weighted by molar-refractivity contribution is -0.384. The number of nitrogens with zero attached hydrogens (tertiary/aromatic N) is 5. The van der Waals surface area contributed by atoms with Gasteiger partial charge in [-0.1, -0.05) is 23.9 Å². The Morgan fingerprint density at radius 3 is 2.46 bits per heavy atom. The molecule has 1 fully saturated rings. The average molecular weight is 519 g/mol. The van der Waals surface area contributed by atoms with Gasteiger partial charge in [0.1, 0.15) is 0 Å². The van der Waals surface area contributed by atoms with E-state index in [1.165, 1.54) is 34.8 Å². The molecule has 0 aliphatic carbocycles. The Morgan fingerprint density at radius 2 is 1.80 bits per heavy atom. The molecule has 0 unspecified atom stereocenters. The zero-order valence-corrected chi connectivity index (χ0v) is 20.3. The number of nitro groups is 1. The maximum Gasteiger partial charge on any atom is 0.277 e. The minimum absolute atomic E-state index is 0.0259. The second kappa shape index (κ2) is 10.4. The highest BCUT2D eigenvalue weighted by atomic mass is 32.2. The second-order valence-electron chi connectivity index (χ2n) is 7.68. The summed E-state index contributed by atoms with van der Waals surface area (Å²) in [4.78, 5) is 24.9. The monoisotopic (exact) mass is 518 g/mol. The van der Waals surface area contributed by atoms with E-state index in [0.717, 1.165) is 17.4 Å². The fourth-order valence-electron chi connectivity index (χ4n) is 3.54. The Balaban J connectivity index is 1.34. The summed E-state index contributed by atoms with van der Waals surface area (Å²) in [6, 6.07) is 13.1. The fraction of sp³-hybridized carbons (Fsp3) is 0.286. The van der Waals surface area contributed by atoms with Crippen LogP contribution in [0.4, 0.5) is 17.1 Å². The van der Waals surface area contributed by atoms with Gasteiger partial charge in [0.15, 0.2) is 0 Å². The Hall–Kier alpha value is -3.49. The van der Waals surface area contributed by atoms with Gasteiger partial charge in [0, 0.05) is 43.9 Å². The van der Waals surface area contributed by atoms with Crippen molar-refractivity contribution in [2.24, 2.45) is 0 Å². The summed E-state index contributed by atoms with van der Waals surface area (Å²) in [5.41, 5.74) is 1.93. The summed E-state index contributed by atoms with van der Waals surface area (Å²) in [5, 5.41) is 21.7. The van der Waals surface area contributed by atoms with Crippen molar-refractivity contribution in [1.82, 2.24) is 14.5 Å². The summed E-state index contributed by atoms with van der Waals surface area (Å²) in [6.45, 7) is 1.79. The SMILES string of the molecule is CS(=O)(=O)N1CCN(c2ccccc2NC(=O)CSc2nnc(-c3ccc([N+](=O)[O-])cc3)o2)CC1. The molecule has 12 nitrogen and oxygen atoms in total. The molecular formula is C21H22N6O6S2. The Kier molecular flexibility index (Phi) is 7.33. The Bertz CT molecular complexity index is 1320. The molecule has 1 aliphatic heterocycles. The van der Waals surface area contributed by atoms with E-state index in [2.05, 4.69) is 15.5 Å². The number of thioether (sulfide) groups is 1. The lowest BCUT2D eigenvalue weighted by atomic mass is 10.2. The molecular weight excluding hydrogens is 496 g/mol. The molecule has 1 amide bonds. The highest BCUT2D eigenvalue weighted by Gasteiger charge is 2.25. The van der Waals surface area contributed by atoms with E-state index in [4.69, 9.17) is 4.42 Å². The van der Waals surface area contributed by atoms with E-state index in [9.17, 15) is 23.3 Å². The first-order valence-electron chi connectivity index (χ1n) is 10.5. The smallest absolute Gasteiger partial charge is 0.277 e. The first-order valence-corrected chi connectivity index (χ1v) is 13.3. The van der Waals surface area contributed by atoms with Gasteiger partial charge in [-0.3, -0.25) is 14.9 Å². The summed E-state index contributed by atoms with van der Waals surface area (Å²) >= 11 is 1.07. The predicted molar refractivity (Wildman–Crippen MR) is 131 cm³/mol. The van der Waals surface area contributed by atoms with E-state index in [-0.39, 0.29) is 28.5 Å². The van der Waals surface area contributed by atoms with Crippen LogP contribution in [0.15, 0.2) is 58.2 Å². The number of nitro benzene ring substituents is 1. The van der Waals surface area contributed by atoms with Crippen LogP contribution < -0.4 is 10.2 Å². The summed E-state index contributed by atoms with van der Waals surface area (Å²) < 4.78 is 30.5. The minimum atomic E-state index is -3.23. The summed E-state index contributed by atoms with van der Waals surface area (Å²) in [6.07, 6.45) is 1.20.